The van der Waals surface area contributed by atoms with Gasteiger partial charge in [0.05, 0.1) is 0 Å². The molecule has 0 unspecified atom stereocenters. The van der Waals surface area contributed by atoms with E-state index in [1.165, 1.54) is 6.42 Å². The lowest BCUT2D eigenvalue weighted by Gasteiger charge is -2.22. The molecule has 2 N–H and O–H groups in total. The lowest BCUT2D eigenvalue weighted by molar-refractivity contribution is 0.0922. The summed E-state index contributed by atoms with van der Waals surface area (Å²) < 4.78 is 0. The molecule has 136 valence electrons. The van der Waals surface area contributed by atoms with Crippen LogP contribution in [-0.4, -0.2) is 22.8 Å². The van der Waals surface area contributed by atoms with E-state index < -0.39 is 0 Å². The van der Waals surface area contributed by atoms with Crippen LogP contribution >= 0.6 is 11.6 Å². The van der Waals surface area contributed by atoms with Gasteiger partial charge in [0.1, 0.15) is 11.4 Å². The first-order valence-corrected chi connectivity index (χ1v) is 9.27. The van der Waals surface area contributed by atoms with Gasteiger partial charge in [-0.3, -0.25) is 9.59 Å². The number of carbonyl (C=O) groups excluding carboxylic acids is 2. The Hall–Kier alpha value is -2.40. The largest absolute Gasteiger partial charge is 0.348 e. The van der Waals surface area contributed by atoms with E-state index in [0.717, 1.165) is 31.2 Å². The molecule has 5 nitrogen and oxygen atoms in total. The van der Waals surface area contributed by atoms with E-state index in [2.05, 4.69) is 15.6 Å². The van der Waals surface area contributed by atoms with Gasteiger partial charge in [-0.2, -0.15) is 0 Å². The summed E-state index contributed by atoms with van der Waals surface area (Å²) in [5.74, 6) is -0.604. The van der Waals surface area contributed by atoms with Gasteiger partial charge in [0.15, 0.2) is 0 Å². The molecule has 0 aliphatic heterocycles. The van der Waals surface area contributed by atoms with Crippen molar-refractivity contribution in [2.75, 3.05) is 5.32 Å². The number of benzene rings is 1. The number of pyridine rings is 1. The van der Waals surface area contributed by atoms with Gasteiger partial charge in [-0.25, -0.2) is 4.98 Å². The normalized spacial score (nSPS) is 14.7. The van der Waals surface area contributed by atoms with Crippen LogP contribution in [0.2, 0.25) is 5.02 Å². The van der Waals surface area contributed by atoms with Crippen molar-refractivity contribution in [3.63, 3.8) is 0 Å². The number of nitrogens with zero attached hydrogens (tertiary/aromatic N) is 1. The number of rotatable bonds is 4. The minimum Gasteiger partial charge on any atom is -0.348 e. The molecule has 1 aromatic heterocycles. The van der Waals surface area contributed by atoms with Crippen molar-refractivity contribution in [1.82, 2.24) is 10.3 Å². The van der Waals surface area contributed by atoms with Gasteiger partial charge in [0.25, 0.3) is 11.8 Å². The van der Waals surface area contributed by atoms with E-state index in [1.807, 2.05) is 6.92 Å². The first-order chi connectivity index (χ1) is 12.5. The van der Waals surface area contributed by atoms with E-state index in [9.17, 15) is 9.59 Å². The maximum Gasteiger partial charge on any atom is 0.274 e. The third-order valence-corrected chi connectivity index (χ3v) is 5.08. The lowest BCUT2D eigenvalue weighted by Crippen LogP contribution is -2.36. The average Bonchev–Trinajstić information content (AvgIpc) is 2.66. The van der Waals surface area contributed by atoms with Crippen molar-refractivity contribution >= 4 is 29.1 Å². The summed E-state index contributed by atoms with van der Waals surface area (Å²) in [6, 6.07) is 10.4. The van der Waals surface area contributed by atoms with Crippen LogP contribution in [0.5, 0.6) is 0 Å². The third-order valence-electron chi connectivity index (χ3n) is 4.67. The zero-order valence-corrected chi connectivity index (χ0v) is 15.5. The van der Waals surface area contributed by atoms with Crippen LogP contribution in [0.15, 0.2) is 36.4 Å². The number of amides is 2. The van der Waals surface area contributed by atoms with Crippen LogP contribution < -0.4 is 10.6 Å². The molecule has 3 rings (SSSR count). The Balaban J connectivity index is 1.70. The number of carbonyl (C=O) groups is 2. The fourth-order valence-corrected chi connectivity index (χ4v) is 3.30. The van der Waals surface area contributed by atoms with E-state index in [1.54, 1.807) is 36.4 Å². The second-order valence-corrected chi connectivity index (χ2v) is 6.99. The zero-order chi connectivity index (χ0) is 18.5. The zero-order valence-electron chi connectivity index (χ0n) is 14.7. The molecular formula is C20H22ClN3O2. The maximum atomic E-state index is 12.5. The van der Waals surface area contributed by atoms with Crippen LogP contribution in [0.25, 0.3) is 0 Å². The van der Waals surface area contributed by atoms with Gasteiger partial charge >= 0.3 is 0 Å². The van der Waals surface area contributed by atoms with Gasteiger partial charge in [-0.1, -0.05) is 43.0 Å². The SMILES string of the molecule is Cc1c(Cl)cccc1NC(=O)c1cccc(C(=O)NC2CCCCC2)n1. The quantitative estimate of drug-likeness (QED) is 0.838. The van der Waals surface area contributed by atoms with Crippen LogP contribution in [-0.2, 0) is 0 Å². The van der Waals surface area contributed by atoms with Gasteiger partial charge in [-0.05, 0) is 49.6 Å². The number of hydrogen-bond donors (Lipinski definition) is 2. The minimum atomic E-state index is -0.373. The van der Waals surface area contributed by atoms with Gasteiger partial charge in [0, 0.05) is 16.8 Å². The van der Waals surface area contributed by atoms with E-state index in [0.29, 0.717) is 10.7 Å². The Morgan fingerprint density at radius 3 is 2.38 bits per heavy atom. The smallest absolute Gasteiger partial charge is 0.274 e. The first-order valence-electron chi connectivity index (χ1n) is 8.89. The number of nitrogens with one attached hydrogen (secondary N) is 2. The molecule has 0 saturated heterocycles. The molecule has 0 bridgehead atoms. The molecule has 6 heteroatoms. The summed E-state index contributed by atoms with van der Waals surface area (Å²) in [7, 11) is 0. The molecule has 0 spiro atoms. The Morgan fingerprint density at radius 2 is 1.65 bits per heavy atom. The van der Waals surface area contributed by atoms with Crippen molar-refractivity contribution in [3.8, 4) is 0 Å². The number of halogens is 1. The minimum absolute atomic E-state index is 0.195. The Kier molecular flexibility index (Phi) is 5.89. The highest BCUT2D eigenvalue weighted by Crippen LogP contribution is 2.23. The maximum absolute atomic E-state index is 12.5. The molecule has 2 amide bonds. The molecule has 1 aromatic carbocycles. The summed E-state index contributed by atoms with van der Waals surface area (Å²) >= 11 is 6.08. The molecule has 1 aliphatic carbocycles. The fourth-order valence-electron chi connectivity index (χ4n) is 3.12. The van der Waals surface area contributed by atoms with Gasteiger partial charge in [0.2, 0.25) is 0 Å². The number of anilines is 1. The summed E-state index contributed by atoms with van der Waals surface area (Å²) in [6.45, 7) is 1.83. The summed E-state index contributed by atoms with van der Waals surface area (Å²) in [6.07, 6.45) is 5.50. The summed E-state index contributed by atoms with van der Waals surface area (Å²) in [5, 5.41) is 6.39. The number of hydrogen-bond acceptors (Lipinski definition) is 3. The van der Waals surface area contributed by atoms with E-state index >= 15 is 0 Å². The first kappa shape index (κ1) is 18.4. The van der Waals surface area contributed by atoms with Crippen LogP contribution in [0.1, 0.15) is 58.6 Å². The number of aromatic nitrogens is 1. The Morgan fingerprint density at radius 1 is 1.00 bits per heavy atom. The monoisotopic (exact) mass is 371 g/mol. The predicted octanol–water partition coefficient (Wildman–Crippen LogP) is 4.36. The van der Waals surface area contributed by atoms with Gasteiger partial charge in [-0.15, -0.1) is 0 Å². The van der Waals surface area contributed by atoms with E-state index in [-0.39, 0.29) is 29.2 Å². The molecule has 0 radical (unpaired) electrons. The Bertz CT molecular complexity index is 816. The second-order valence-electron chi connectivity index (χ2n) is 6.58. The lowest BCUT2D eigenvalue weighted by atomic mass is 9.95. The van der Waals surface area contributed by atoms with Crippen LogP contribution in [0.4, 0.5) is 5.69 Å². The Labute approximate surface area is 158 Å². The molecule has 26 heavy (non-hydrogen) atoms. The highest BCUT2D eigenvalue weighted by Gasteiger charge is 2.18. The molecular weight excluding hydrogens is 350 g/mol. The van der Waals surface area contributed by atoms with Crippen molar-refractivity contribution in [3.05, 3.63) is 58.4 Å². The molecule has 1 heterocycles. The van der Waals surface area contributed by atoms with Crippen molar-refractivity contribution in [2.45, 2.75) is 45.1 Å². The highest BCUT2D eigenvalue weighted by atomic mass is 35.5. The highest BCUT2D eigenvalue weighted by molar-refractivity contribution is 6.31. The molecule has 0 atom stereocenters. The predicted molar refractivity (Wildman–Crippen MR) is 103 cm³/mol. The van der Waals surface area contributed by atoms with Gasteiger partial charge < -0.3 is 10.6 Å². The fraction of sp³-hybridized carbons (Fsp3) is 0.350. The summed E-state index contributed by atoms with van der Waals surface area (Å²) in [4.78, 5) is 29.1. The van der Waals surface area contributed by atoms with Crippen molar-refractivity contribution in [2.24, 2.45) is 0 Å². The van der Waals surface area contributed by atoms with Crippen molar-refractivity contribution < 1.29 is 9.59 Å². The average molecular weight is 372 g/mol. The van der Waals surface area contributed by atoms with Crippen LogP contribution in [0.3, 0.4) is 0 Å². The topological polar surface area (TPSA) is 71.1 Å². The standard InChI is InChI=1S/C20H22ClN3O2/c1-13-15(21)9-5-10-16(13)24-20(26)18-12-6-11-17(23-18)19(25)22-14-7-3-2-4-8-14/h5-6,9-12,14H,2-4,7-8H2,1H3,(H,22,25)(H,24,26). The third kappa shape index (κ3) is 4.41. The molecule has 1 aliphatic rings. The summed E-state index contributed by atoms with van der Waals surface area (Å²) in [5.41, 5.74) is 1.86. The molecule has 1 saturated carbocycles. The molecule has 1 fully saturated rings. The van der Waals surface area contributed by atoms with Crippen molar-refractivity contribution in [1.29, 1.82) is 0 Å². The molecule has 2 aromatic rings. The second kappa shape index (κ2) is 8.32. The van der Waals surface area contributed by atoms with Crippen LogP contribution in [0, 0.1) is 6.92 Å². The van der Waals surface area contributed by atoms with E-state index in [4.69, 9.17) is 11.6 Å².